The van der Waals surface area contributed by atoms with Crippen molar-refractivity contribution in [3.8, 4) is 0 Å². The Bertz CT molecular complexity index is 596. The third-order valence-corrected chi connectivity index (χ3v) is 3.05. The van der Waals surface area contributed by atoms with Crippen LogP contribution in [0.3, 0.4) is 0 Å². The van der Waals surface area contributed by atoms with Gasteiger partial charge >= 0.3 is 0 Å². The summed E-state index contributed by atoms with van der Waals surface area (Å²) < 4.78 is 0. The van der Waals surface area contributed by atoms with E-state index in [1.54, 1.807) is 6.20 Å². The number of nitrogens with one attached hydrogen (secondary N) is 2. The molecule has 2 aromatic rings. The predicted molar refractivity (Wildman–Crippen MR) is 85.0 cm³/mol. The van der Waals surface area contributed by atoms with Crippen LogP contribution in [0.5, 0.6) is 0 Å². The molecule has 0 unspecified atom stereocenters. The van der Waals surface area contributed by atoms with Gasteiger partial charge in [0.2, 0.25) is 0 Å². The van der Waals surface area contributed by atoms with E-state index in [-0.39, 0.29) is 0 Å². The highest BCUT2D eigenvalue weighted by Crippen LogP contribution is 2.19. The van der Waals surface area contributed by atoms with Crippen LogP contribution in [0.4, 0.5) is 11.4 Å². The van der Waals surface area contributed by atoms with E-state index in [2.05, 4.69) is 15.6 Å². The summed E-state index contributed by atoms with van der Waals surface area (Å²) in [5.41, 5.74) is 3.80. The molecule has 0 bridgehead atoms. The zero-order valence-electron chi connectivity index (χ0n) is 10.7. The molecule has 0 saturated heterocycles. The van der Waals surface area contributed by atoms with Crippen LogP contribution in [0, 0.1) is 13.8 Å². The molecule has 3 nitrogen and oxygen atoms in total. The highest BCUT2D eigenvalue weighted by Gasteiger charge is 2.02. The maximum absolute atomic E-state index is 5.91. The third kappa shape index (κ3) is 3.91. The topological polar surface area (TPSA) is 37.0 Å². The highest BCUT2D eigenvalue weighted by atomic mass is 35.5. The standard InChI is InChI=1S/C14H14ClN3S/c1-9-7-11(15)4-6-13(9)18-14(19)17-12-5-3-10(2)16-8-12/h3-8H,1-2H3,(H2,17,18,19). The van der Waals surface area contributed by atoms with Gasteiger partial charge in [-0.25, -0.2) is 0 Å². The number of rotatable bonds is 2. The van der Waals surface area contributed by atoms with Crippen LogP contribution in [0.15, 0.2) is 36.5 Å². The lowest BCUT2D eigenvalue weighted by atomic mass is 10.2. The molecule has 0 atom stereocenters. The molecule has 1 heterocycles. The SMILES string of the molecule is Cc1ccc(NC(=S)Nc2ccc(Cl)cc2C)cn1. The first kappa shape index (κ1) is 13.8. The number of nitrogens with zero attached hydrogens (tertiary/aromatic N) is 1. The zero-order valence-corrected chi connectivity index (χ0v) is 12.3. The van der Waals surface area contributed by atoms with E-state index in [0.717, 1.165) is 22.6 Å². The first-order chi connectivity index (χ1) is 9.04. The van der Waals surface area contributed by atoms with Crippen molar-refractivity contribution in [3.63, 3.8) is 0 Å². The van der Waals surface area contributed by atoms with E-state index in [1.807, 2.05) is 44.2 Å². The van der Waals surface area contributed by atoms with Crippen molar-refractivity contribution in [1.29, 1.82) is 0 Å². The molecule has 1 aromatic heterocycles. The van der Waals surface area contributed by atoms with Gasteiger partial charge in [-0.3, -0.25) is 4.98 Å². The summed E-state index contributed by atoms with van der Waals surface area (Å²) in [5, 5.41) is 7.46. The Balaban J connectivity index is 2.03. The molecule has 1 aromatic carbocycles. The average molecular weight is 292 g/mol. The lowest BCUT2D eigenvalue weighted by Gasteiger charge is -2.12. The number of hydrogen-bond donors (Lipinski definition) is 2. The first-order valence-electron chi connectivity index (χ1n) is 5.81. The molecule has 2 rings (SSSR count). The molecule has 98 valence electrons. The molecular weight excluding hydrogens is 278 g/mol. The van der Waals surface area contributed by atoms with Crippen molar-refractivity contribution in [2.45, 2.75) is 13.8 Å². The second-order valence-electron chi connectivity index (χ2n) is 4.23. The minimum absolute atomic E-state index is 0.524. The number of anilines is 2. The summed E-state index contributed by atoms with van der Waals surface area (Å²) in [6.45, 7) is 3.92. The Morgan fingerprint density at radius 2 is 1.95 bits per heavy atom. The van der Waals surface area contributed by atoms with Gasteiger partial charge in [-0.05, 0) is 62.0 Å². The van der Waals surface area contributed by atoms with Gasteiger partial charge in [-0.15, -0.1) is 0 Å². The number of aromatic nitrogens is 1. The van der Waals surface area contributed by atoms with Crippen LogP contribution in [0.1, 0.15) is 11.3 Å². The lowest BCUT2D eigenvalue weighted by molar-refractivity contribution is 1.20. The van der Waals surface area contributed by atoms with E-state index in [1.165, 1.54) is 0 Å². The fourth-order valence-electron chi connectivity index (χ4n) is 1.59. The quantitative estimate of drug-likeness (QED) is 0.815. The van der Waals surface area contributed by atoms with Crippen LogP contribution in [0.2, 0.25) is 5.02 Å². The second-order valence-corrected chi connectivity index (χ2v) is 5.07. The van der Waals surface area contributed by atoms with Crippen LogP contribution < -0.4 is 10.6 Å². The van der Waals surface area contributed by atoms with E-state index in [9.17, 15) is 0 Å². The Kier molecular flexibility index (Phi) is 4.35. The number of thiocarbonyl (C=S) groups is 1. The monoisotopic (exact) mass is 291 g/mol. The van der Waals surface area contributed by atoms with Gasteiger partial charge in [0.1, 0.15) is 0 Å². The summed E-state index contributed by atoms with van der Waals surface area (Å²) in [6, 6.07) is 9.48. The van der Waals surface area contributed by atoms with Crippen molar-refractivity contribution < 1.29 is 0 Å². The second kappa shape index (κ2) is 5.99. The Hall–Kier alpha value is -1.65. The third-order valence-electron chi connectivity index (χ3n) is 2.61. The summed E-state index contributed by atoms with van der Waals surface area (Å²) in [7, 11) is 0. The normalized spacial score (nSPS) is 10.1. The summed E-state index contributed by atoms with van der Waals surface area (Å²) in [4.78, 5) is 4.20. The molecule has 0 saturated carbocycles. The average Bonchev–Trinajstić information content (AvgIpc) is 2.36. The maximum Gasteiger partial charge on any atom is 0.175 e. The van der Waals surface area contributed by atoms with Gasteiger partial charge in [0, 0.05) is 16.4 Å². The van der Waals surface area contributed by atoms with Crippen molar-refractivity contribution in [1.82, 2.24) is 4.98 Å². The molecule has 0 aliphatic carbocycles. The van der Waals surface area contributed by atoms with Gasteiger partial charge in [0.25, 0.3) is 0 Å². The summed E-state index contributed by atoms with van der Waals surface area (Å²) in [6.07, 6.45) is 1.75. The number of aryl methyl sites for hydroxylation is 2. The smallest absolute Gasteiger partial charge is 0.175 e. The summed E-state index contributed by atoms with van der Waals surface area (Å²) >= 11 is 11.2. The number of pyridine rings is 1. The van der Waals surface area contributed by atoms with Gasteiger partial charge in [0.05, 0.1) is 11.9 Å². The zero-order chi connectivity index (χ0) is 13.8. The summed E-state index contributed by atoms with van der Waals surface area (Å²) in [5.74, 6) is 0. The molecule has 19 heavy (non-hydrogen) atoms. The van der Waals surface area contributed by atoms with E-state index < -0.39 is 0 Å². The van der Waals surface area contributed by atoms with E-state index in [4.69, 9.17) is 23.8 Å². The van der Waals surface area contributed by atoms with Crippen molar-refractivity contribution in [2.24, 2.45) is 0 Å². The molecule has 0 aliphatic heterocycles. The lowest BCUT2D eigenvalue weighted by Crippen LogP contribution is -2.19. The fourth-order valence-corrected chi connectivity index (χ4v) is 2.05. The Labute approximate surface area is 123 Å². The van der Waals surface area contributed by atoms with Crippen molar-refractivity contribution in [2.75, 3.05) is 10.6 Å². The molecule has 0 spiro atoms. The number of hydrogen-bond acceptors (Lipinski definition) is 2. The molecule has 0 aliphatic rings. The minimum Gasteiger partial charge on any atom is -0.332 e. The Morgan fingerprint density at radius 1 is 1.16 bits per heavy atom. The van der Waals surface area contributed by atoms with Crippen LogP contribution in [-0.4, -0.2) is 10.1 Å². The minimum atomic E-state index is 0.524. The maximum atomic E-state index is 5.91. The van der Waals surface area contributed by atoms with E-state index >= 15 is 0 Å². The van der Waals surface area contributed by atoms with Crippen LogP contribution in [-0.2, 0) is 0 Å². The largest absolute Gasteiger partial charge is 0.332 e. The molecule has 5 heteroatoms. The molecule has 0 amide bonds. The predicted octanol–water partition coefficient (Wildman–Crippen LogP) is 4.16. The van der Waals surface area contributed by atoms with Crippen LogP contribution >= 0.6 is 23.8 Å². The number of benzene rings is 1. The van der Waals surface area contributed by atoms with Crippen LogP contribution in [0.25, 0.3) is 0 Å². The van der Waals surface area contributed by atoms with Gasteiger partial charge < -0.3 is 10.6 Å². The van der Waals surface area contributed by atoms with Gasteiger partial charge in [-0.1, -0.05) is 11.6 Å². The number of halogens is 1. The van der Waals surface area contributed by atoms with Gasteiger partial charge in [0.15, 0.2) is 5.11 Å². The Morgan fingerprint density at radius 3 is 2.58 bits per heavy atom. The fraction of sp³-hybridized carbons (Fsp3) is 0.143. The highest BCUT2D eigenvalue weighted by molar-refractivity contribution is 7.80. The van der Waals surface area contributed by atoms with Crippen molar-refractivity contribution in [3.05, 3.63) is 52.8 Å². The molecule has 0 fully saturated rings. The van der Waals surface area contributed by atoms with E-state index in [0.29, 0.717) is 10.1 Å². The first-order valence-corrected chi connectivity index (χ1v) is 6.60. The molecular formula is C14H14ClN3S. The molecule has 2 N–H and O–H groups in total. The molecule has 0 radical (unpaired) electrons. The van der Waals surface area contributed by atoms with Crippen molar-refractivity contribution >= 4 is 40.3 Å². The van der Waals surface area contributed by atoms with Gasteiger partial charge in [-0.2, -0.15) is 0 Å².